The third-order valence-corrected chi connectivity index (χ3v) is 7.31. The molecule has 6 unspecified atom stereocenters. The largest absolute Gasteiger partial charge is 0.368 e. The molecule has 0 aromatic heterocycles. The Balaban J connectivity index is 1.44. The Labute approximate surface area is 122 Å². The van der Waals surface area contributed by atoms with Gasteiger partial charge in [0, 0.05) is 5.92 Å². The number of aliphatic hydroxyl groups is 1. The number of ether oxygens (including phenoxy) is 1. The highest BCUT2D eigenvalue weighted by atomic mass is 127. The van der Waals surface area contributed by atoms with Crippen LogP contribution in [-0.2, 0) is 4.74 Å². The molecule has 0 heterocycles. The first-order valence-corrected chi connectivity index (χ1v) is 8.45. The van der Waals surface area contributed by atoms with E-state index in [9.17, 15) is 5.11 Å². The second-order valence-electron chi connectivity index (χ2n) is 6.82. The van der Waals surface area contributed by atoms with Crippen LogP contribution in [0.2, 0.25) is 0 Å². The molecule has 3 heteroatoms. The van der Waals surface area contributed by atoms with Crippen molar-refractivity contribution in [1.82, 2.24) is 0 Å². The van der Waals surface area contributed by atoms with Crippen LogP contribution in [0.3, 0.4) is 0 Å². The Morgan fingerprint density at radius 3 is 2.67 bits per heavy atom. The van der Waals surface area contributed by atoms with Crippen LogP contribution >= 0.6 is 22.6 Å². The maximum absolute atomic E-state index is 10.5. The predicted octanol–water partition coefficient (Wildman–Crippen LogP) is 3.48. The molecule has 0 saturated heterocycles. The summed E-state index contributed by atoms with van der Waals surface area (Å²) in [4.78, 5) is 0. The first-order chi connectivity index (χ1) is 8.64. The second kappa shape index (κ2) is 4.19. The van der Waals surface area contributed by atoms with Gasteiger partial charge in [-0.25, -0.2) is 0 Å². The minimum absolute atomic E-state index is 0.0638. The number of aliphatic hydroxyl groups excluding tert-OH is 1. The average Bonchev–Trinajstić information content (AvgIpc) is 3.07. The van der Waals surface area contributed by atoms with Gasteiger partial charge in [0.1, 0.15) is 3.61 Å². The zero-order valence-electron chi connectivity index (χ0n) is 10.6. The van der Waals surface area contributed by atoms with Crippen LogP contribution in [0.1, 0.15) is 38.5 Å². The number of halogens is 1. The summed E-state index contributed by atoms with van der Waals surface area (Å²) in [7, 11) is 0. The van der Waals surface area contributed by atoms with E-state index in [1.807, 2.05) is 0 Å². The standard InChI is InChI=1S/C15H21IO2/c16-15(8-10-2-4-12(15)6-10)18-14(17)13-7-9-1-3-11(13)5-9/h1,3,9-14,17H,2,4-8H2/t9?,10?,11?,12-,13?,14?,15?/m1/s1. The lowest BCUT2D eigenvalue weighted by Gasteiger charge is -2.37. The molecule has 0 spiro atoms. The highest BCUT2D eigenvalue weighted by molar-refractivity contribution is 14.1. The quantitative estimate of drug-likeness (QED) is 0.361. The minimum atomic E-state index is -0.541. The van der Waals surface area contributed by atoms with Gasteiger partial charge < -0.3 is 9.84 Å². The molecule has 3 fully saturated rings. The molecule has 0 aromatic rings. The maximum atomic E-state index is 10.5. The van der Waals surface area contributed by atoms with Crippen molar-refractivity contribution in [2.24, 2.45) is 29.6 Å². The van der Waals surface area contributed by atoms with E-state index >= 15 is 0 Å². The van der Waals surface area contributed by atoms with Gasteiger partial charge in [-0.1, -0.05) is 12.2 Å². The summed E-state index contributed by atoms with van der Waals surface area (Å²) in [5.41, 5.74) is 0. The molecular formula is C15H21IO2. The van der Waals surface area contributed by atoms with Crippen LogP contribution in [0.25, 0.3) is 0 Å². The zero-order valence-corrected chi connectivity index (χ0v) is 12.8. The summed E-state index contributed by atoms with van der Waals surface area (Å²) in [5, 5.41) is 10.5. The Bertz CT molecular complexity index is 383. The number of rotatable bonds is 3. The summed E-state index contributed by atoms with van der Waals surface area (Å²) < 4.78 is 6.11. The molecule has 7 atom stereocenters. The fraction of sp³-hybridized carbons (Fsp3) is 0.867. The maximum Gasteiger partial charge on any atom is 0.159 e. The molecule has 1 N–H and O–H groups in total. The lowest BCUT2D eigenvalue weighted by molar-refractivity contribution is -0.187. The van der Waals surface area contributed by atoms with Crippen LogP contribution in [0, 0.1) is 29.6 Å². The van der Waals surface area contributed by atoms with E-state index < -0.39 is 6.29 Å². The lowest BCUT2D eigenvalue weighted by Crippen LogP contribution is -2.39. The number of allylic oxidation sites excluding steroid dienone is 2. The highest BCUT2D eigenvalue weighted by Crippen LogP contribution is 2.57. The van der Waals surface area contributed by atoms with Gasteiger partial charge in [-0.05, 0) is 84.8 Å². The van der Waals surface area contributed by atoms with Crippen molar-refractivity contribution < 1.29 is 9.84 Å². The molecule has 0 aromatic carbocycles. The lowest BCUT2D eigenvalue weighted by atomic mass is 9.92. The third-order valence-electron chi connectivity index (χ3n) is 5.73. The topological polar surface area (TPSA) is 29.5 Å². The minimum Gasteiger partial charge on any atom is -0.368 e. The van der Waals surface area contributed by atoms with Gasteiger partial charge in [0.2, 0.25) is 0 Å². The van der Waals surface area contributed by atoms with E-state index in [1.54, 1.807) is 0 Å². The normalized spacial score (nSPS) is 54.4. The van der Waals surface area contributed by atoms with E-state index in [-0.39, 0.29) is 3.61 Å². The summed E-state index contributed by atoms with van der Waals surface area (Å²) in [6.45, 7) is 0. The van der Waals surface area contributed by atoms with Crippen molar-refractivity contribution in [3.63, 3.8) is 0 Å². The highest BCUT2D eigenvalue weighted by Gasteiger charge is 2.52. The molecular weight excluding hydrogens is 339 g/mol. The molecule has 2 nitrogen and oxygen atoms in total. The Morgan fingerprint density at radius 1 is 1.22 bits per heavy atom. The Kier molecular flexibility index (Phi) is 2.83. The molecule has 3 saturated carbocycles. The predicted molar refractivity (Wildman–Crippen MR) is 78.1 cm³/mol. The molecule has 0 radical (unpaired) electrons. The van der Waals surface area contributed by atoms with E-state index in [0.29, 0.717) is 23.7 Å². The molecule has 4 rings (SSSR count). The van der Waals surface area contributed by atoms with Gasteiger partial charge in [-0.15, -0.1) is 0 Å². The third kappa shape index (κ3) is 1.80. The SMILES string of the molecule is OC(OC1(I)CC2CC[C@@H]1C2)C1CC2C=CC1C2. The van der Waals surface area contributed by atoms with E-state index in [1.165, 1.54) is 25.7 Å². The summed E-state index contributed by atoms with van der Waals surface area (Å²) in [6.07, 6.45) is 11.6. The van der Waals surface area contributed by atoms with Gasteiger partial charge in [0.05, 0.1) is 0 Å². The van der Waals surface area contributed by atoms with Gasteiger partial charge in [0.25, 0.3) is 0 Å². The van der Waals surface area contributed by atoms with Crippen LogP contribution in [0.15, 0.2) is 12.2 Å². The van der Waals surface area contributed by atoms with Crippen LogP contribution < -0.4 is 0 Å². The molecule has 100 valence electrons. The van der Waals surface area contributed by atoms with Crippen LogP contribution in [0.5, 0.6) is 0 Å². The Morgan fingerprint density at radius 2 is 2.11 bits per heavy atom. The summed E-state index contributed by atoms with van der Waals surface area (Å²) >= 11 is 2.49. The van der Waals surface area contributed by atoms with E-state index in [0.717, 1.165) is 18.8 Å². The van der Waals surface area contributed by atoms with Gasteiger partial charge in [0.15, 0.2) is 6.29 Å². The average molecular weight is 360 g/mol. The monoisotopic (exact) mass is 360 g/mol. The van der Waals surface area contributed by atoms with Crippen LogP contribution in [-0.4, -0.2) is 15.0 Å². The number of hydrogen-bond donors (Lipinski definition) is 1. The number of hydrogen-bond acceptors (Lipinski definition) is 2. The van der Waals surface area contributed by atoms with Gasteiger partial charge in [-0.3, -0.25) is 0 Å². The second-order valence-corrected chi connectivity index (χ2v) is 8.64. The summed E-state index contributed by atoms with van der Waals surface area (Å²) in [5.74, 6) is 3.18. The van der Waals surface area contributed by atoms with Crippen molar-refractivity contribution in [2.45, 2.75) is 48.4 Å². The van der Waals surface area contributed by atoms with Crippen molar-refractivity contribution >= 4 is 22.6 Å². The van der Waals surface area contributed by atoms with E-state index in [4.69, 9.17) is 4.74 Å². The molecule has 0 amide bonds. The van der Waals surface area contributed by atoms with Crippen molar-refractivity contribution in [2.75, 3.05) is 0 Å². The van der Waals surface area contributed by atoms with E-state index in [2.05, 4.69) is 34.7 Å². The molecule has 0 aliphatic heterocycles. The smallest absolute Gasteiger partial charge is 0.159 e. The molecule has 4 bridgehead atoms. The number of alkyl halides is 1. The first-order valence-electron chi connectivity index (χ1n) is 7.37. The fourth-order valence-electron chi connectivity index (χ4n) is 4.80. The fourth-order valence-corrected chi connectivity index (χ4v) is 6.24. The molecule has 4 aliphatic carbocycles. The number of fused-ring (bicyclic) bond motifs is 4. The van der Waals surface area contributed by atoms with Gasteiger partial charge >= 0.3 is 0 Å². The Hall–Kier alpha value is 0.390. The van der Waals surface area contributed by atoms with Gasteiger partial charge in [-0.2, -0.15) is 0 Å². The molecule has 4 aliphatic rings. The first kappa shape index (κ1) is 12.2. The summed E-state index contributed by atoms with van der Waals surface area (Å²) in [6, 6.07) is 0. The van der Waals surface area contributed by atoms with Crippen molar-refractivity contribution in [3.8, 4) is 0 Å². The molecule has 18 heavy (non-hydrogen) atoms. The van der Waals surface area contributed by atoms with Crippen molar-refractivity contribution in [1.29, 1.82) is 0 Å². The van der Waals surface area contributed by atoms with Crippen molar-refractivity contribution in [3.05, 3.63) is 12.2 Å². The zero-order chi connectivity index (χ0) is 12.3. The van der Waals surface area contributed by atoms with Crippen LogP contribution in [0.4, 0.5) is 0 Å².